The highest BCUT2D eigenvalue weighted by atomic mass is 35.5. The molecule has 0 radical (unpaired) electrons. The number of rotatable bonds is 2. The summed E-state index contributed by atoms with van der Waals surface area (Å²) in [7, 11) is 0. The first kappa shape index (κ1) is 13.6. The summed E-state index contributed by atoms with van der Waals surface area (Å²) in [6.07, 6.45) is 1.84. The molecule has 0 spiro atoms. The lowest BCUT2D eigenvalue weighted by Gasteiger charge is -2.09. The van der Waals surface area contributed by atoms with Gasteiger partial charge in [-0.2, -0.15) is 5.10 Å². The molecule has 2 aromatic rings. The fourth-order valence-corrected chi connectivity index (χ4v) is 2.82. The topological polar surface area (TPSA) is 37.3 Å². The van der Waals surface area contributed by atoms with Gasteiger partial charge in [-0.1, -0.05) is 55.3 Å². The lowest BCUT2D eigenvalue weighted by Crippen LogP contribution is -2.07. The van der Waals surface area contributed by atoms with Gasteiger partial charge < -0.3 is 0 Å². The lowest BCUT2D eigenvalue weighted by molar-refractivity contribution is 0.606. The van der Waals surface area contributed by atoms with Crippen LogP contribution in [0.15, 0.2) is 17.2 Å². The Balaban J connectivity index is 2.26. The number of hydrazone groups is 1. The summed E-state index contributed by atoms with van der Waals surface area (Å²) in [5.74, 6) is 0. The van der Waals surface area contributed by atoms with Crippen LogP contribution in [0.1, 0.15) is 20.8 Å². The minimum atomic E-state index is 0.0324. The first-order chi connectivity index (χ1) is 8.35. The van der Waals surface area contributed by atoms with Crippen molar-refractivity contribution in [2.24, 2.45) is 10.5 Å². The molecule has 1 aromatic heterocycles. The maximum absolute atomic E-state index is 6.08. The Morgan fingerprint density at radius 3 is 2.72 bits per heavy atom. The number of nitrogens with one attached hydrogen (secondary N) is 1. The highest BCUT2D eigenvalue weighted by molar-refractivity contribution is 7.22. The van der Waals surface area contributed by atoms with E-state index in [-0.39, 0.29) is 5.41 Å². The Labute approximate surface area is 120 Å². The van der Waals surface area contributed by atoms with E-state index in [0.29, 0.717) is 15.2 Å². The molecule has 1 heterocycles. The molecule has 96 valence electrons. The van der Waals surface area contributed by atoms with E-state index in [1.54, 1.807) is 6.07 Å². The van der Waals surface area contributed by atoms with Crippen molar-refractivity contribution in [2.75, 3.05) is 5.43 Å². The number of aromatic nitrogens is 1. The summed E-state index contributed by atoms with van der Waals surface area (Å²) in [5, 5.41) is 6.03. The quantitative estimate of drug-likeness (QED) is 0.623. The molecule has 0 bridgehead atoms. The fourth-order valence-electron chi connectivity index (χ4n) is 1.29. The van der Waals surface area contributed by atoms with Gasteiger partial charge in [0.1, 0.15) is 5.52 Å². The molecule has 1 aromatic carbocycles. The zero-order valence-electron chi connectivity index (χ0n) is 10.3. The van der Waals surface area contributed by atoms with Gasteiger partial charge in [-0.15, -0.1) is 0 Å². The van der Waals surface area contributed by atoms with E-state index in [9.17, 15) is 0 Å². The van der Waals surface area contributed by atoms with Crippen LogP contribution in [0.3, 0.4) is 0 Å². The van der Waals surface area contributed by atoms with Crippen LogP contribution in [-0.2, 0) is 0 Å². The zero-order valence-corrected chi connectivity index (χ0v) is 12.6. The van der Waals surface area contributed by atoms with Crippen molar-refractivity contribution in [2.45, 2.75) is 20.8 Å². The van der Waals surface area contributed by atoms with Crippen LogP contribution in [-0.4, -0.2) is 11.2 Å². The van der Waals surface area contributed by atoms with Gasteiger partial charge in [0.15, 0.2) is 0 Å². The summed E-state index contributed by atoms with van der Waals surface area (Å²) in [6, 6.07) is 3.53. The zero-order chi connectivity index (χ0) is 13.3. The van der Waals surface area contributed by atoms with E-state index < -0.39 is 0 Å². The predicted molar refractivity (Wildman–Crippen MR) is 81.2 cm³/mol. The molecule has 0 aliphatic heterocycles. The van der Waals surface area contributed by atoms with Gasteiger partial charge in [0.05, 0.1) is 9.72 Å². The van der Waals surface area contributed by atoms with E-state index >= 15 is 0 Å². The van der Waals surface area contributed by atoms with Crippen LogP contribution in [0, 0.1) is 5.41 Å². The summed E-state index contributed by atoms with van der Waals surface area (Å²) < 4.78 is 0.945. The average Bonchev–Trinajstić information content (AvgIpc) is 2.58. The third kappa shape index (κ3) is 3.34. The van der Waals surface area contributed by atoms with Crippen LogP contribution in [0.4, 0.5) is 5.13 Å². The smallest absolute Gasteiger partial charge is 0.204 e. The number of fused-ring (bicyclic) bond motifs is 1. The molecular formula is C12H13Cl2N3S. The third-order valence-corrected chi connectivity index (χ3v) is 3.44. The number of hydrogen-bond donors (Lipinski definition) is 1. The van der Waals surface area contributed by atoms with Gasteiger partial charge >= 0.3 is 0 Å². The van der Waals surface area contributed by atoms with Crippen molar-refractivity contribution < 1.29 is 0 Å². The van der Waals surface area contributed by atoms with Gasteiger partial charge in [0, 0.05) is 11.2 Å². The summed E-state index contributed by atoms with van der Waals surface area (Å²) in [4.78, 5) is 4.38. The van der Waals surface area contributed by atoms with Crippen LogP contribution < -0.4 is 5.43 Å². The Kier molecular flexibility index (Phi) is 3.80. The van der Waals surface area contributed by atoms with E-state index in [2.05, 4.69) is 36.3 Å². The van der Waals surface area contributed by atoms with Gasteiger partial charge in [0.2, 0.25) is 5.13 Å². The summed E-state index contributed by atoms with van der Waals surface area (Å²) >= 11 is 13.5. The lowest BCUT2D eigenvalue weighted by atomic mass is 9.99. The van der Waals surface area contributed by atoms with Crippen LogP contribution >= 0.6 is 34.5 Å². The van der Waals surface area contributed by atoms with Gasteiger partial charge in [-0.3, -0.25) is 5.43 Å². The minimum Gasteiger partial charge on any atom is -0.253 e. The number of hydrogen-bond acceptors (Lipinski definition) is 4. The monoisotopic (exact) mass is 301 g/mol. The Morgan fingerprint density at radius 2 is 2.06 bits per heavy atom. The van der Waals surface area contributed by atoms with E-state index in [0.717, 1.165) is 10.2 Å². The highest BCUT2D eigenvalue weighted by Crippen LogP contribution is 2.33. The van der Waals surface area contributed by atoms with Crippen LogP contribution in [0.5, 0.6) is 0 Å². The van der Waals surface area contributed by atoms with E-state index in [1.165, 1.54) is 11.3 Å². The van der Waals surface area contributed by atoms with Crippen molar-refractivity contribution in [1.29, 1.82) is 0 Å². The van der Waals surface area contributed by atoms with Crippen molar-refractivity contribution in [3.8, 4) is 0 Å². The van der Waals surface area contributed by atoms with Gasteiger partial charge in [-0.25, -0.2) is 4.98 Å². The molecule has 0 aliphatic rings. The van der Waals surface area contributed by atoms with Crippen molar-refractivity contribution in [1.82, 2.24) is 4.98 Å². The maximum Gasteiger partial charge on any atom is 0.204 e. The number of anilines is 1. The first-order valence-electron chi connectivity index (χ1n) is 5.41. The van der Waals surface area contributed by atoms with Crippen LogP contribution in [0.25, 0.3) is 10.2 Å². The largest absolute Gasteiger partial charge is 0.253 e. The molecule has 3 nitrogen and oxygen atoms in total. The van der Waals surface area contributed by atoms with Gasteiger partial charge in [0.25, 0.3) is 0 Å². The molecule has 6 heteroatoms. The molecule has 0 saturated carbocycles. The molecule has 0 unspecified atom stereocenters. The molecule has 18 heavy (non-hydrogen) atoms. The SMILES string of the molecule is CC(C)(C)/C=N\Nc1nc2c(Cl)cc(Cl)cc2s1. The van der Waals surface area contributed by atoms with E-state index in [1.807, 2.05) is 12.3 Å². The number of nitrogens with zero attached hydrogens (tertiary/aromatic N) is 2. The summed E-state index contributed by atoms with van der Waals surface area (Å²) in [5.41, 5.74) is 3.69. The molecule has 0 atom stereocenters. The molecule has 0 fully saturated rings. The summed E-state index contributed by atoms with van der Waals surface area (Å²) in [6.45, 7) is 6.23. The van der Waals surface area contributed by atoms with Crippen molar-refractivity contribution in [3.63, 3.8) is 0 Å². The first-order valence-corrected chi connectivity index (χ1v) is 6.98. The fraction of sp³-hybridized carbons (Fsp3) is 0.333. The van der Waals surface area contributed by atoms with E-state index in [4.69, 9.17) is 23.2 Å². The van der Waals surface area contributed by atoms with Crippen molar-refractivity contribution >= 4 is 56.1 Å². The maximum atomic E-state index is 6.08. The average molecular weight is 302 g/mol. The number of thiazole rings is 1. The third-order valence-electron chi connectivity index (χ3n) is 2.03. The second kappa shape index (κ2) is 5.03. The molecule has 1 N–H and O–H groups in total. The van der Waals surface area contributed by atoms with Crippen LogP contribution in [0.2, 0.25) is 10.0 Å². The molecule has 0 saturated heterocycles. The number of halogens is 2. The van der Waals surface area contributed by atoms with Crippen molar-refractivity contribution in [3.05, 3.63) is 22.2 Å². The second-order valence-electron chi connectivity index (χ2n) is 4.99. The Hall–Kier alpha value is -0.840. The molecule has 2 rings (SSSR count). The highest BCUT2D eigenvalue weighted by Gasteiger charge is 2.09. The Morgan fingerprint density at radius 1 is 1.33 bits per heavy atom. The number of benzene rings is 1. The predicted octanol–water partition coefficient (Wildman–Crippen LogP) is 5.05. The molecule has 0 amide bonds. The Bertz CT molecular complexity index is 599. The molecule has 0 aliphatic carbocycles. The minimum absolute atomic E-state index is 0.0324. The standard InChI is InChI=1S/C12H13Cl2N3S/c1-12(2,3)6-15-17-11-16-10-8(14)4-7(13)5-9(10)18-11/h4-6H,1-3H3,(H,16,17)/b15-6-. The second-order valence-corrected chi connectivity index (χ2v) is 6.86. The normalized spacial score (nSPS) is 12.5. The molecular weight excluding hydrogens is 289 g/mol. The van der Waals surface area contributed by atoms with Gasteiger partial charge in [-0.05, 0) is 17.5 Å².